The minimum absolute atomic E-state index is 0.0294. The van der Waals surface area contributed by atoms with Crippen LogP contribution in [0.3, 0.4) is 0 Å². The van der Waals surface area contributed by atoms with E-state index in [2.05, 4.69) is 27.4 Å². The van der Waals surface area contributed by atoms with E-state index in [-0.39, 0.29) is 5.91 Å². The van der Waals surface area contributed by atoms with Gasteiger partial charge < -0.3 is 15.0 Å². The van der Waals surface area contributed by atoms with E-state index in [1.807, 2.05) is 37.7 Å². The molecule has 0 saturated carbocycles. The number of carbonyl (C=O) groups is 1. The van der Waals surface area contributed by atoms with Crippen molar-refractivity contribution < 1.29 is 9.53 Å². The van der Waals surface area contributed by atoms with Crippen LogP contribution in [0.2, 0.25) is 0 Å². The topological polar surface area (TPSA) is 59.4 Å². The molecule has 2 aromatic rings. The Labute approximate surface area is 148 Å². The monoisotopic (exact) mass is 342 g/mol. The highest BCUT2D eigenvalue weighted by Gasteiger charge is 2.13. The van der Waals surface area contributed by atoms with Crippen LogP contribution in [-0.2, 0) is 23.0 Å². The molecular formula is C19H26N4O2. The lowest BCUT2D eigenvalue weighted by Crippen LogP contribution is -2.36. The molecule has 0 unspecified atom stereocenters. The Bertz CT molecular complexity index is 731. The fourth-order valence-electron chi connectivity index (χ4n) is 3.22. The maximum absolute atomic E-state index is 12.2. The van der Waals surface area contributed by atoms with Crippen LogP contribution in [0, 0.1) is 13.8 Å². The van der Waals surface area contributed by atoms with Crippen molar-refractivity contribution in [1.29, 1.82) is 0 Å². The number of aromatic nitrogens is 2. The van der Waals surface area contributed by atoms with Crippen molar-refractivity contribution in [1.82, 2.24) is 9.78 Å². The third-order valence-corrected chi connectivity index (χ3v) is 4.79. The minimum atomic E-state index is 0.0294. The van der Waals surface area contributed by atoms with Gasteiger partial charge in [0.1, 0.15) is 0 Å². The number of anilines is 2. The molecule has 2 heterocycles. The maximum Gasteiger partial charge on any atom is 0.224 e. The van der Waals surface area contributed by atoms with Crippen LogP contribution in [0.15, 0.2) is 24.3 Å². The van der Waals surface area contributed by atoms with Crippen molar-refractivity contribution in [2.75, 3.05) is 36.5 Å². The summed E-state index contributed by atoms with van der Waals surface area (Å²) in [7, 11) is 1.93. The number of nitrogens with zero attached hydrogens (tertiary/aromatic N) is 3. The summed E-state index contributed by atoms with van der Waals surface area (Å²) in [6, 6.07) is 8.03. The lowest BCUT2D eigenvalue weighted by Gasteiger charge is -2.28. The molecule has 1 N–H and O–H groups in total. The summed E-state index contributed by atoms with van der Waals surface area (Å²) in [6.45, 7) is 7.39. The van der Waals surface area contributed by atoms with Crippen molar-refractivity contribution in [2.45, 2.75) is 26.7 Å². The summed E-state index contributed by atoms with van der Waals surface area (Å²) >= 11 is 0. The average molecular weight is 342 g/mol. The molecule has 1 aromatic heterocycles. The molecule has 25 heavy (non-hydrogen) atoms. The van der Waals surface area contributed by atoms with Gasteiger partial charge in [0, 0.05) is 43.6 Å². The summed E-state index contributed by atoms with van der Waals surface area (Å²) in [5, 5.41) is 7.38. The number of nitrogens with one attached hydrogen (secondary N) is 1. The van der Waals surface area contributed by atoms with E-state index in [0.29, 0.717) is 12.8 Å². The zero-order valence-corrected chi connectivity index (χ0v) is 15.2. The van der Waals surface area contributed by atoms with Gasteiger partial charge in [-0.15, -0.1) is 0 Å². The van der Waals surface area contributed by atoms with Crippen LogP contribution in [0.25, 0.3) is 0 Å². The predicted molar refractivity (Wildman–Crippen MR) is 99.1 cm³/mol. The predicted octanol–water partition coefficient (Wildman–Crippen LogP) is 2.44. The number of rotatable bonds is 5. The third kappa shape index (κ3) is 4.20. The van der Waals surface area contributed by atoms with E-state index < -0.39 is 0 Å². The Morgan fingerprint density at radius 1 is 1.20 bits per heavy atom. The fraction of sp³-hybridized carbons (Fsp3) is 0.474. The second-order valence-corrected chi connectivity index (χ2v) is 6.47. The first-order chi connectivity index (χ1) is 12.0. The number of amides is 1. The van der Waals surface area contributed by atoms with Crippen LogP contribution in [0.4, 0.5) is 11.4 Å². The van der Waals surface area contributed by atoms with E-state index in [0.717, 1.165) is 43.4 Å². The normalized spacial score (nSPS) is 14.6. The molecule has 0 bridgehead atoms. The molecule has 0 radical (unpaired) electrons. The number of benzene rings is 1. The lowest BCUT2D eigenvalue weighted by molar-refractivity contribution is -0.116. The minimum Gasteiger partial charge on any atom is -0.378 e. The molecule has 0 spiro atoms. The molecule has 1 amide bonds. The standard InChI is InChI=1S/C19H26N4O2/c1-14-18(15(2)22(3)21-14)8-9-19(24)20-16-4-6-17(7-5-16)23-10-12-25-13-11-23/h4-7H,8-13H2,1-3H3,(H,20,24). The van der Waals surface area contributed by atoms with Gasteiger partial charge in [-0.05, 0) is 50.1 Å². The number of morpholine rings is 1. The van der Waals surface area contributed by atoms with Crippen LogP contribution < -0.4 is 10.2 Å². The first-order valence-corrected chi connectivity index (χ1v) is 8.76. The van der Waals surface area contributed by atoms with Gasteiger partial charge in [-0.2, -0.15) is 5.10 Å². The highest BCUT2D eigenvalue weighted by molar-refractivity contribution is 5.91. The average Bonchev–Trinajstić information content (AvgIpc) is 2.86. The number of hydrogen-bond acceptors (Lipinski definition) is 4. The lowest BCUT2D eigenvalue weighted by atomic mass is 10.1. The van der Waals surface area contributed by atoms with E-state index in [4.69, 9.17) is 4.74 Å². The molecule has 1 aliphatic rings. The van der Waals surface area contributed by atoms with Crippen LogP contribution in [-0.4, -0.2) is 42.0 Å². The van der Waals surface area contributed by atoms with Crippen LogP contribution >= 0.6 is 0 Å². The smallest absolute Gasteiger partial charge is 0.224 e. The van der Waals surface area contributed by atoms with Gasteiger partial charge >= 0.3 is 0 Å². The number of ether oxygens (including phenoxy) is 1. The molecule has 1 aromatic carbocycles. The largest absolute Gasteiger partial charge is 0.378 e. The van der Waals surface area contributed by atoms with Gasteiger partial charge in [-0.25, -0.2) is 0 Å². The van der Waals surface area contributed by atoms with E-state index in [9.17, 15) is 4.79 Å². The molecule has 0 atom stereocenters. The molecule has 134 valence electrons. The quantitative estimate of drug-likeness (QED) is 0.907. The Balaban J connectivity index is 1.54. The molecular weight excluding hydrogens is 316 g/mol. The molecule has 1 fully saturated rings. The van der Waals surface area contributed by atoms with E-state index >= 15 is 0 Å². The number of carbonyl (C=O) groups excluding carboxylic acids is 1. The molecule has 6 heteroatoms. The van der Waals surface area contributed by atoms with Gasteiger partial charge in [-0.3, -0.25) is 9.48 Å². The molecule has 1 aliphatic heterocycles. The number of aryl methyl sites for hydroxylation is 2. The van der Waals surface area contributed by atoms with Gasteiger partial charge in [0.25, 0.3) is 0 Å². The summed E-state index contributed by atoms with van der Waals surface area (Å²) in [5.74, 6) is 0.0294. The first kappa shape index (κ1) is 17.5. The molecule has 0 aliphatic carbocycles. The van der Waals surface area contributed by atoms with E-state index in [1.54, 1.807) is 0 Å². The van der Waals surface area contributed by atoms with Crippen molar-refractivity contribution >= 4 is 17.3 Å². The van der Waals surface area contributed by atoms with Crippen molar-refractivity contribution in [2.24, 2.45) is 7.05 Å². The number of hydrogen-bond donors (Lipinski definition) is 1. The zero-order chi connectivity index (χ0) is 17.8. The summed E-state index contributed by atoms with van der Waals surface area (Å²) in [4.78, 5) is 14.5. The first-order valence-electron chi connectivity index (χ1n) is 8.76. The summed E-state index contributed by atoms with van der Waals surface area (Å²) < 4.78 is 7.24. The van der Waals surface area contributed by atoms with Crippen molar-refractivity contribution in [3.05, 3.63) is 41.2 Å². The van der Waals surface area contributed by atoms with Crippen molar-refractivity contribution in [3.8, 4) is 0 Å². The van der Waals surface area contributed by atoms with Crippen LogP contribution in [0.1, 0.15) is 23.4 Å². The van der Waals surface area contributed by atoms with Crippen molar-refractivity contribution in [3.63, 3.8) is 0 Å². The van der Waals surface area contributed by atoms with Gasteiger partial charge in [-0.1, -0.05) is 0 Å². The van der Waals surface area contributed by atoms with Crippen LogP contribution in [0.5, 0.6) is 0 Å². The highest BCUT2D eigenvalue weighted by Crippen LogP contribution is 2.20. The van der Waals surface area contributed by atoms with Gasteiger partial charge in [0.2, 0.25) is 5.91 Å². The Kier molecular flexibility index (Phi) is 5.38. The second-order valence-electron chi connectivity index (χ2n) is 6.47. The van der Waals surface area contributed by atoms with E-state index in [1.165, 1.54) is 11.3 Å². The SMILES string of the molecule is Cc1nn(C)c(C)c1CCC(=O)Nc1ccc(N2CCOCC2)cc1. The molecule has 6 nitrogen and oxygen atoms in total. The zero-order valence-electron chi connectivity index (χ0n) is 15.2. The second kappa shape index (κ2) is 7.70. The summed E-state index contributed by atoms with van der Waals surface area (Å²) in [6.07, 6.45) is 1.17. The molecule has 1 saturated heterocycles. The Morgan fingerprint density at radius 3 is 2.48 bits per heavy atom. The summed E-state index contributed by atoms with van der Waals surface area (Å²) in [5.41, 5.74) is 5.30. The maximum atomic E-state index is 12.2. The molecule has 3 rings (SSSR count). The van der Waals surface area contributed by atoms with Gasteiger partial charge in [0.15, 0.2) is 0 Å². The fourth-order valence-corrected chi connectivity index (χ4v) is 3.22. The highest BCUT2D eigenvalue weighted by atomic mass is 16.5. The Morgan fingerprint density at radius 2 is 1.88 bits per heavy atom. The third-order valence-electron chi connectivity index (χ3n) is 4.79. The van der Waals surface area contributed by atoms with Gasteiger partial charge in [0.05, 0.1) is 18.9 Å². The Hall–Kier alpha value is -2.34.